The Bertz CT molecular complexity index is 1430. The van der Waals surface area contributed by atoms with Gasteiger partial charge >= 0.3 is 0 Å². The van der Waals surface area contributed by atoms with E-state index in [9.17, 15) is 9.18 Å². The van der Waals surface area contributed by atoms with Crippen LogP contribution in [-0.4, -0.2) is 52.5 Å². The van der Waals surface area contributed by atoms with Crippen molar-refractivity contribution in [2.75, 3.05) is 33.1 Å². The average molecular weight is 447 g/mol. The van der Waals surface area contributed by atoms with Crippen LogP contribution in [0.5, 0.6) is 5.75 Å². The lowest BCUT2D eigenvalue weighted by atomic mass is 10.0. The maximum Gasteiger partial charge on any atom is 0.257 e. The number of carbonyl (C=O) groups excluding carboxylic acids is 1. The highest BCUT2D eigenvalue weighted by Crippen LogP contribution is 2.38. The number of likely N-dealkylation sites (N-methyl/N-ethyl adjacent to an activating group) is 1. The Kier molecular flexibility index (Phi) is 4.98. The van der Waals surface area contributed by atoms with Gasteiger partial charge in [-0.25, -0.2) is 14.4 Å². The summed E-state index contributed by atoms with van der Waals surface area (Å²) in [6, 6.07) is 8.06. The molecule has 2 aromatic carbocycles. The molecule has 33 heavy (non-hydrogen) atoms. The second-order valence-electron chi connectivity index (χ2n) is 8.00. The molecule has 1 amide bonds. The first-order chi connectivity index (χ1) is 15.9. The van der Waals surface area contributed by atoms with Gasteiger partial charge in [0.25, 0.3) is 5.91 Å². The SMILES string of the molecule is C=C(COC)c1ccc2c(c1)OCC2N(C)C(=O)c1cc2c(cc1F)nc(N)c1cncn12. The Morgan fingerprint density at radius 1 is 1.36 bits per heavy atom. The van der Waals surface area contributed by atoms with Gasteiger partial charge in [-0.3, -0.25) is 9.20 Å². The number of amides is 1. The van der Waals surface area contributed by atoms with Crippen LogP contribution in [0.3, 0.4) is 0 Å². The van der Waals surface area contributed by atoms with Crippen LogP contribution >= 0.6 is 0 Å². The Morgan fingerprint density at radius 3 is 2.97 bits per heavy atom. The number of hydrogen-bond donors (Lipinski definition) is 1. The van der Waals surface area contributed by atoms with Crippen LogP contribution in [0, 0.1) is 5.82 Å². The number of ether oxygens (including phenoxy) is 2. The molecule has 2 aromatic heterocycles. The zero-order valence-electron chi connectivity index (χ0n) is 18.2. The zero-order valence-corrected chi connectivity index (χ0v) is 18.2. The minimum atomic E-state index is -0.670. The van der Waals surface area contributed by atoms with E-state index in [1.165, 1.54) is 17.0 Å². The molecule has 0 spiro atoms. The van der Waals surface area contributed by atoms with Crippen molar-refractivity contribution in [2.45, 2.75) is 6.04 Å². The van der Waals surface area contributed by atoms with Crippen LogP contribution in [0.15, 0.2) is 49.4 Å². The number of halogens is 1. The number of carbonyl (C=O) groups is 1. The van der Waals surface area contributed by atoms with Crippen molar-refractivity contribution in [1.29, 1.82) is 0 Å². The lowest BCUT2D eigenvalue weighted by Crippen LogP contribution is -2.32. The van der Waals surface area contributed by atoms with Crippen LogP contribution < -0.4 is 10.5 Å². The smallest absolute Gasteiger partial charge is 0.257 e. The molecule has 1 unspecified atom stereocenters. The predicted octanol–water partition coefficient (Wildman–Crippen LogP) is 3.47. The number of rotatable bonds is 5. The highest BCUT2D eigenvalue weighted by Gasteiger charge is 2.32. The number of nitrogens with zero attached hydrogens (tertiary/aromatic N) is 4. The number of imidazole rings is 1. The summed E-state index contributed by atoms with van der Waals surface area (Å²) in [4.78, 5) is 23.2. The molecular weight excluding hydrogens is 425 g/mol. The summed E-state index contributed by atoms with van der Waals surface area (Å²) < 4.78 is 27.7. The summed E-state index contributed by atoms with van der Waals surface area (Å²) in [6.07, 6.45) is 3.13. The molecule has 5 rings (SSSR count). The number of anilines is 1. The molecule has 1 aliphatic rings. The number of benzene rings is 2. The predicted molar refractivity (Wildman–Crippen MR) is 123 cm³/mol. The Labute approximate surface area is 189 Å². The standard InChI is InChI=1S/C24H22FN5O3/c1-13(10-32-3)14-4-5-15-21(11-33-22(15)6-14)29(2)24(31)16-7-19-18(8-17(16)25)28-23(26)20-9-27-12-30(19)20/h4-9,12,21H,1,10-11H2,2-3H3,(H2,26,28). The third-order valence-corrected chi connectivity index (χ3v) is 5.98. The first-order valence-corrected chi connectivity index (χ1v) is 10.3. The maximum absolute atomic E-state index is 15.0. The van der Waals surface area contributed by atoms with Crippen molar-refractivity contribution in [2.24, 2.45) is 0 Å². The summed E-state index contributed by atoms with van der Waals surface area (Å²) >= 11 is 0. The monoisotopic (exact) mass is 447 g/mol. The van der Waals surface area contributed by atoms with Crippen molar-refractivity contribution < 1.29 is 18.7 Å². The molecule has 0 saturated carbocycles. The van der Waals surface area contributed by atoms with E-state index in [0.29, 0.717) is 28.9 Å². The Morgan fingerprint density at radius 2 is 2.18 bits per heavy atom. The van der Waals surface area contributed by atoms with E-state index in [0.717, 1.165) is 16.7 Å². The number of fused-ring (bicyclic) bond motifs is 4. The van der Waals surface area contributed by atoms with Gasteiger partial charge in [-0.05, 0) is 23.3 Å². The summed E-state index contributed by atoms with van der Waals surface area (Å²) in [5, 5.41) is 0. The summed E-state index contributed by atoms with van der Waals surface area (Å²) in [5.41, 5.74) is 9.93. The molecule has 1 atom stereocenters. The summed E-state index contributed by atoms with van der Waals surface area (Å²) in [5.74, 6) is -0.221. The second-order valence-corrected chi connectivity index (χ2v) is 8.00. The van der Waals surface area contributed by atoms with Crippen LogP contribution in [0.4, 0.5) is 10.2 Å². The highest BCUT2D eigenvalue weighted by molar-refractivity contribution is 5.98. The molecule has 168 valence electrons. The minimum Gasteiger partial charge on any atom is -0.491 e. The number of methoxy groups -OCH3 is 1. The molecule has 0 saturated heterocycles. The van der Waals surface area contributed by atoms with E-state index < -0.39 is 11.7 Å². The van der Waals surface area contributed by atoms with Crippen molar-refractivity contribution in [3.63, 3.8) is 0 Å². The number of nitrogens with two attached hydrogens (primary N) is 1. The van der Waals surface area contributed by atoms with E-state index in [1.54, 1.807) is 31.1 Å². The Hall–Kier alpha value is -3.98. The first-order valence-electron chi connectivity index (χ1n) is 10.3. The molecule has 3 heterocycles. The van der Waals surface area contributed by atoms with Gasteiger partial charge in [-0.15, -0.1) is 0 Å². The van der Waals surface area contributed by atoms with Crippen molar-refractivity contribution in [1.82, 2.24) is 19.3 Å². The lowest BCUT2D eigenvalue weighted by Gasteiger charge is -2.24. The van der Waals surface area contributed by atoms with Gasteiger partial charge in [-0.2, -0.15) is 0 Å². The van der Waals surface area contributed by atoms with Gasteiger partial charge in [0.05, 0.1) is 41.8 Å². The van der Waals surface area contributed by atoms with E-state index >= 15 is 0 Å². The fraction of sp³-hybridized carbons (Fsp3) is 0.208. The third-order valence-electron chi connectivity index (χ3n) is 5.98. The van der Waals surface area contributed by atoms with Crippen LogP contribution in [0.1, 0.15) is 27.5 Å². The topological polar surface area (TPSA) is 95.0 Å². The van der Waals surface area contributed by atoms with Gasteiger partial charge < -0.3 is 20.1 Å². The van der Waals surface area contributed by atoms with Crippen LogP contribution in [0.2, 0.25) is 0 Å². The third kappa shape index (κ3) is 3.37. The van der Waals surface area contributed by atoms with Crippen LogP contribution in [-0.2, 0) is 4.74 Å². The number of hydrogen-bond acceptors (Lipinski definition) is 6. The zero-order chi connectivity index (χ0) is 23.3. The number of nitrogen functional groups attached to an aromatic ring is 1. The fourth-order valence-electron chi connectivity index (χ4n) is 4.18. The molecular formula is C24H22FN5O3. The average Bonchev–Trinajstić information content (AvgIpc) is 3.45. The van der Waals surface area contributed by atoms with E-state index in [-0.39, 0.29) is 24.0 Å². The number of aromatic nitrogens is 3. The van der Waals surface area contributed by atoms with E-state index in [4.69, 9.17) is 15.2 Å². The molecule has 0 bridgehead atoms. The molecule has 8 nitrogen and oxygen atoms in total. The van der Waals surface area contributed by atoms with Crippen molar-refractivity contribution in [3.05, 3.63) is 71.9 Å². The van der Waals surface area contributed by atoms with Crippen molar-refractivity contribution in [3.8, 4) is 5.75 Å². The Balaban J connectivity index is 1.49. The second kappa shape index (κ2) is 7.86. The molecule has 4 aromatic rings. The van der Waals surface area contributed by atoms with Gasteiger partial charge in [-0.1, -0.05) is 18.7 Å². The van der Waals surface area contributed by atoms with Gasteiger partial charge in [0.2, 0.25) is 0 Å². The molecule has 1 aliphatic heterocycles. The van der Waals surface area contributed by atoms with Crippen molar-refractivity contribution >= 4 is 33.8 Å². The van der Waals surface area contributed by atoms with E-state index in [1.807, 2.05) is 18.2 Å². The van der Waals surface area contributed by atoms with Gasteiger partial charge in [0.1, 0.15) is 29.5 Å². The fourth-order valence-corrected chi connectivity index (χ4v) is 4.18. The summed E-state index contributed by atoms with van der Waals surface area (Å²) in [6.45, 7) is 4.70. The molecule has 0 radical (unpaired) electrons. The summed E-state index contributed by atoms with van der Waals surface area (Å²) in [7, 11) is 3.25. The van der Waals surface area contributed by atoms with Crippen LogP contribution in [0.25, 0.3) is 22.1 Å². The molecule has 9 heteroatoms. The quantitative estimate of drug-likeness (QED) is 0.503. The van der Waals surface area contributed by atoms with E-state index in [2.05, 4.69) is 16.5 Å². The maximum atomic E-state index is 15.0. The molecule has 0 aliphatic carbocycles. The first kappa shape index (κ1) is 20.9. The lowest BCUT2D eigenvalue weighted by molar-refractivity contribution is 0.0704. The molecule has 0 fully saturated rings. The minimum absolute atomic E-state index is 0.0647. The van der Waals surface area contributed by atoms with Gasteiger partial charge in [0.15, 0.2) is 0 Å². The van der Waals surface area contributed by atoms with Gasteiger partial charge in [0, 0.05) is 25.8 Å². The molecule has 2 N–H and O–H groups in total. The largest absolute Gasteiger partial charge is 0.491 e. The highest BCUT2D eigenvalue weighted by atomic mass is 19.1. The normalized spacial score (nSPS) is 14.9.